The third kappa shape index (κ3) is 3.19. The van der Waals surface area contributed by atoms with Crippen LogP contribution in [0.15, 0.2) is 24.3 Å². The van der Waals surface area contributed by atoms with E-state index in [0.29, 0.717) is 13.0 Å². The molecule has 2 rings (SSSR count). The first-order chi connectivity index (χ1) is 8.65. The number of amides is 2. The molecule has 1 aliphatic rings. The molecule has 0 bridgehead atoms. The van der Waals surface area contributed by atoms with Crippen molar-refractivity contribution < 1.29 is 18.7 Å². The van der Waals surface area contributed by atoms with E-state index in [0.717, 1.165) is 5.56 Å². The zero-order valence-corrected chi connectivity index (χ0v) is 9.61. The minimum Gasteiger partial charge on any atom is -0.447 e. The monoisotopic (exact) mass is 252 g/mol. The Labute approximate surface area is 103 Å². The molecule has 1 atom stereocenters. The molecule has 1 fully saturated rings. The average Bonchev–Trinajstić information content (AvgIpc) is 2.78. The number of hydrogen-bond donors (Lipinski definition) is 2. The fourth-order valence-corrected chi connectivity index (χ4v) is 1.63. The van der Waals surface area contributed by atoms with Crippen molar-refractivity contribution >= 4 is 12.0 Å². The van der Waals surface area contributed by atoms with Gasteiger partial charge in [-0.05, 0) is 24.1 Å². The molecular weight excluding hydrogens is 239 g/mol. The molecule has 1 saturated heterocycles. The van der Waals surface area contributed by atoms with Crippen molar-refractivity contribution in [2.75, 3.05) is 13.2 Å². The van der Waals surface area contributed by atoms with Gasteiger partial charge in [-0.2, -0.15) is 0 Å². The Morgan fingerprint density at radius 2 is 2.17 bits per heavy atom. The number of rotatable bonds is 4. The molecule has 1 aliphatic heterocycles. The molecule has 1 aromatic carbocycles. The summed E-state index contributed by atoms with van der Waals surface area (Å²) in [6.45, 7) is 0.484. The quantitative estimate of drug-likeness (QED) is 0.824. The lowest BCUT2D eigenvalue weighted by Crippen LogP contribution is -2.43. The van der Waals surface area contributed by atoms with E-state index >= 15 is 0 Å². The van der Waals surface area contributed by atoms with Gasteiger partial charge in [0.05, 0.1) is 0 Å². The third-order valence-electron chi connectivity index (χ3n) is 2.62. The topological polar surface area (TPSA) is 67.4 Å². The number of halogens is 1. The van der Waals surface area contributed by atoms with E-state index in [9.17, 15) is 14.0 Å². The van der Waals surface area contributed by atoms with Crippen LogP contribution < -0.4 is 10.6 Å². The van der Waals surface area contributed by atoms with E-state index < -0.39 is 12.1 Å². The van der Waals surface area contributed by atoms with E-state index in [-0.39, 0.29) is 18.3 Å². The van der Waals surface area contributed by atoms with Gasteiger partial charge in [-0.1, -0.05) is 12.1 Å². The molecular formula is C12H13FN2O3. The summed E-state index contributed by atoms with van der Waals surface area (Å²) in [4.78, 5) is 22.3. The van der Waals surface area contributed by atoms with Crippen molar-refractivity contribution in [1.82, 2.24) is 10.6 Å². The smallest absolute Gasteiger partial charge is 0.407 e. The number of carbonyl (C=O) groups excluding carboxylic acids is 2. The second-order valence-electron chi connectivity index (χ2n) is 3.96. The fourth-order valence-electron chi connectivity index (χ4n) is 1.63. The predicted molar refractivity (Wildman–Crippen MR) is 61.4 cm³/mol. The van der Waals surface area contributed by atoms with Crippen LogP contribution in [0.2, 0.25) is 0 Å². The lowest BCUT2D eigenvalue weighted by atomic mass is 10.1. The van der Waals surface area contributed by atoms with Crippen molar-refractivity contribution in [1.29, 1.82) is 0 Å². The van der Waals surface area contributed by atoms with Gasteiger partial charge in [0.2, 0.25) is 5.91 Å². The molecule has 0 saturated carbocycles. The number of ether oxygens (including phenoxy) is 1. The molecule has 1 unspecified atom stereocenters. The van der Waals surface area contributed by atoms with Crippen LogP contribution in [0.5, 0.6) is 0 Å². The van der Waals surface area contributed by atoms with Crippen LogP contribution in [0.1, 0.15) is 5.56 Å². The summed E-state index contributed by atoms with van der Waals surface area (Å²) in [6.07, 6.45) is 0.0294. The summed E-state index contributed by atoms with van der Waals surface area (Å²) in [5.74, 6) is -0.559. The highest BCUT2D eigenvalue weighted by molar-refractivity contribution is 5.87. The SMILES string of the molecule is O=C1NC(C(=O)NCCc2ccc(F)cc2)CO1. The first kappa shape index (κ1) is 12.3. The third-order valence-corrected chi connectivity index (χ3v) is 2.62. The van der Waals surface area contributed by atoms with Gasteiger partial charge in [-0.25, -0.2) is 9.18 Å². The van der Waals surface area contributed by atoms with Crippen LogP contribution in [0.3, 0.4) is 0 Å². The van der Waals surface area contributed by atoms with Crippen molar-refractivity contribution in [3.8, 4) is 0 Å². The van der Waals surface area contributed by atoms with Crippen LogP contribution in [0, 0.1) is 5.82 Å². The van der Waals surface area contributed by atoms with Gasteiger partial charge < -0.3 is 15.4 Å². The van der Waals surface area contributed by atoms with Crippen LogP contribution in [-0.2, 0) is 16.0 Å². The van der Waals surface area contributed by atoms with E-state index in [1.165, 1.54) is 12.1 Å². The van der Waals surface area contributed by atoms with Crippen LogP contribution in [0.4, 0.5) is 9.18 Å². The van der Waals surface area contributed by atoms with Crippen LogP contribution in [-0.4, -0.2) is 31.2 Å². The van der Waals surface area contributed by atoms with Gasteiger partial charge in [0.25, 0.3) is 0 Å². The second kappa shape index (κ2) is 5.48. The summed E-state index contributed by atoms with van der Waals surface area (Å²) in [5, 5.41) is 5.07. The standard InChI is InChI=1S/C12H13FN2O3/c13-9-3-1-8(2-4-9)5-6-14-11(16)10-7-18-12(17)15-10/h1-4,10H,5-7H2,(H,14,16)(H,15,17). The van der Waals surface area contributed by atoms with Gasteiger partial charge in [0.15, 0.2) is 0 Å². The maximum absolute atomic E-state index is 12.7. The number of alkyl carbamates (subject to hydrolysis) is 1. The maximum atomic E-state index is 12.7. The number of nitrogens with one attached hydrogen (secondary N) is 2. The van der Waals surface area contributed by atoms with E-state index in [1.54, 1.807) is 12.1 Å². The molecule has 2 amide bonds. The Bertz CT molecular complexity index is 447. The average molecular weight is 252 g/mol. The van der Waals surface area contributed by atoms with Crippen molar-refractivity contribution in [3.05, 3.63) is 35.6 Å². The minimum atomic E-state index is -0.620. The first-order valence-corrected chi connectivity index (χ1v) is 5.60. The molecule has 1 heterocycles. The van der Waals surface area contributed by atoms with Gasteiger partial charge in [-0.15, -0.1) is 0 Å². The molecule has 0 radical (unpaired) electrons. The highest BCUT2D eigenvalue weighted by Gasteiger charge is 2.28. The summed E-state index contributed by atoms with van der Waals surface area (Å²) < 4.78 is 17.3. The zero-order valence-electron chi connectivity index (χ0n) is 9.61. The maximum Gasteiger partial charge on any atom is 0.407 e. The first-order valence-electron chi connectivity index (χ1n) is 5.60. The van der Waals surface area contributed by atoms with Gasteiger partial charge in [-0.3, -0.25) is 4.79 Å². The number of cyclic esters (lactones) is 1. The lowest BCUT2D eigenvalue weighted by molar-refractivity contribution is -0.122. The molecule has 0 spiro atoms. The largest absolute Gasteiger partial charge is 0.447 e. The Kier molecular flexibility index (Phi) is 3.76. The molecule has 5 nitrogen and oxygen atoms in total. The summed E-state index contributed by atoms with van der Waals surface area (Å²) in [7, 11) is 0. The van der Waals surface area contributed by atoms with Crippen molar-refractivity contribution in [3.63, 3.8) is 0 Å². The molecule has 0 aromatic heterocycles. The molecule has 1 aromatic rings. The Morgan fingerprint density at radius 3 is 2.78 bits per heavy atom. The van der Waals surface area contributed by atoms with Crippen LogP contribution in [0.25, 0.3) is 0 Å². The fraction of sp³-hybridized carbons (Fsp3) is 0.333. The summed E-state index contributed by atoms with van der Waals surface area (Å²) in [6, 6.07) is 5.47. The minimum absolute atomic E-state index is 0.0568. The lowest BCUT2D eigenvalue weighted by Gasteiger charge is -2.08. The summed E-state index contributed by atoms with van der Waals surface area (Å²) in [5.41, 5.74) is 0.934. The highest BCUT2D eigenvalue weighted by atomic mass is 19.1. The van der Waals surface area contributed by atoms with Gasteiger partial charge >= 0.3 is 6.09 Å². The molecule has 96 valence electrons. The van der Waals surface area contributed by atoms with Crippen molar-refractivity contribution in [2.45, 2.75) is 12.5 Å². The van der Waals surface area contributed by atoms with Gasteiger partial charge in [0.1, 0.15) is 18.5 Å². The number of carbonyl (C=O) groups is 2. The molecule has 6 heteroatoms. The Hall–Kier alpha value is -2.11. The Morgan fingerprint density at radius 1 is 1.44 bits per heavy atom. The number of hydrogen-bond acceptors (Lipinski definition) is 3. The number of benzene rings is 1. The molecule has 0 aliphatic carbocycles. The van der Waals surface area contributed by atoms with E-state index in [1.807, 2.05) is 0 Å². The Balaban J connectivity index is 1.73. The van der Waals surface area contributed by atoms with E-state index in [4.69, 9.17) is 0 Å². The van der Waals surface area contributed by atoms with Crippen molar-refractivity contribution in [2.24, 2.45) is 0 Å². The zero-order chi connectivity index (χ0) is 13.0. The van der Waals surface area contributed by atoms with E-state index in [2.05, 4.69) is 15.4 Å². The molecule has 18 heavy (non-hydrogen) atoms. The summed E-state index contributed by atoms with van der Waals surface area (Å²) >= 11 is 0. The molecule has 2 N–H and O–H groups in total. The van der Waals surface area contributed by atoms with Gasteiger partial charge in [0, 0.05) is 6.54 Å². The second-order valence-corrected chi connectivity index (χ2v) is 3.96. The van der Waals surface area contributed by atoms with Crippen LogP contribution >= 0.6 is 0 Å². The highest BCUT2D eigenvalue weighted by Crippen LogP contribution is 2.03. The normalized spacial score (nSPS) is 18.1. The predicted octanol–water partition coefficient (Wildman–Crippen LogP) is 0.593.